The molecule has 0 aliphatic carbocycles. The maximum absolute atomic E-state index is 13.1. The molecule has 3 heterocycles. The molecule has 0 atom stereocenters. The second-order valence-corrected chi connectivity index (χ2v) is 8.38. The van der Waals surface area contributed by atoms with E-state index in [4.69, 9.17) is 10.5 Å². The molecule has 1 aliphatic rings. The molecule has 2 amide bonds. The van der Waals surface area contributed by atoms with E-state index < -0.39 is 6.09 Å². The minimum absolute atomic E-state index is 0.0810. The van der Waals surface area contributed by atoms with Crippen LogP contribution in [0.3, 0.4) is 0 Å². The van der Waals surface area contributed by atoms with Crippen molar-refractivity contribution < 1.29 is 14.3 Å². The molecular formula is C24H30N6O3. The number of hydrogen-bond acceptors (Lipinski definition) is 6. The van der Waals surface area contributed by atoms with Crippen molar-refractivity contribution in [3.05, 3.63) is 47.5 Å². The number of carbonyl (C=O) groups excluding carboxylic acids is 2. The summed E-state index contributed by atoms with van der Waals surface area (Å²) in [7, 11) is 0. The van der Waals surface area contributed by atoms with Crippen molar-refractivity contribution in [1.82, 2.24) is 19.9 Å². The highest BCUT2D eigenvalue weighted by Gasteiger charge is 2.29. The fraction of sp³-hybridized carbons (Fsp3) is 0.417. The number of pyridine rings is 1. The highest BCUT2D eigenvalue weighted by molar-refractivity contribution is 5.95. The second kappa shape index (κ2) is 9.48. The maximum atomic E-state index is 13.1. The van der Waals surface area contributed by atoms with Gasteiger partial charge in [-0.2, -0.15) is 0 Å². The van der Waals surface area contributed by atoms with Gasteiger partial charge in [0.15, 0.2) is 0 Å². The van der Waals surface area contributed by atoms with Gasteiger partial charge in [0, 0.05) is 36.2 Å². The van der Waals surface area contributed by atoms with Crippen LogP contribution in [0.5, 0.6) is 0 Å². The smallest absolute Gasteiger partial charge is 0.414 e. The quantitative estimate of drug-likeness (QED) is 0.574. The van der Waals surface area contributed by atoms with Crippen molar-refractivity contribution in [2.45, 2.75) is 39.5 Å². The average Bonchev–Trinajstić information content (AvgIpc) is 3.21. The number of nitrogens with zero attached hydrogens (tertiary/aromatic N) is 4. The summed E-state index contributed by atoms with van der Waals surface area (Å²) in [5.74, 6) is 1.04. The summed E-state index contributed by atoms with van der Waals surface area (Å²) in [4.78, 5) is 41.3. The van der Waals surface area contributed by atoms with E-state index in [-0.39, 0.29) is 25.0 Å². The Hall–Kier alpha value is -3.62. The molecule has 0 saturated carbocycles. The number of nitrogen functional groups attached to an aromatic ring is 1. The number of anilines is 2. The Bertz CT molecular complexity index is 1150. The van der Waals surface area contributed by atoms with Crippen LogP contribution in [0.2, 0.25) is 0 Å². The fourth-order valence-corrected chi connectivity index (χ4v) is 4.35. The number of aromatic nitrogens is 3. The largest absolute Gasteiger partial charge is 0.449 e. The first-order valence-electron chi connectivity index (χ1n) is 11.3. The van der Waals surface area contributed by atoms with E-state index >= 15 is 0 Å². The van der Waals surface area contributed by atoms with Crippen LogP contribution in [-0.4, -0.2) is 58.1 Å². The lowest BCUT2D eigenvalue weighted by Crippen LogP contribution is -2.46. The summed E-state index contributed by atoms with van der Waals surface area (Å²) >= 11 is 0. The van der Waals surface area contributed by atoms with Gasteiger partial charge in [-0.15, -0.1) is 0 Å². The van der Waals surface area contributed by atoms with Crippen molar-refractivity contribution in [1.29, 1.82) is 0 Å². The van der Waals surface area contributed by atoms with E-state index in [1.807, 2.05) is 24.9 Å². The third-order valence-electron chi connectivity index (χ3n) is 6.13. The molecule has 174 valence electrons. The molecule has 4 rings (SSSR count). The summed E-state index contributed by atoms with van der Waals surface area (Å²) < 4.78 is 5.17. The first-order valence-corrected chi connectivity index (χ1v) is 11.3. The van der Waals surface area contributed by atoms with E-state index in [1.165, 1.54) is 4.90 Å². The zero-order chi connectivity index (χ0) is 23.5. The molecule has 1 aliphatic heterocycles. The van der Waals surface area contributed by atoms with Gasteiger partial charge in [0.05, 0.1) is 23.3 Å². The van der Waals surface area contributed by atoms with E-state index in [1.54, 1.807) is 31.2 Å². The van der Waals surface area contributed by atoms with Crippen LogP contribution in [0.1, 0.15) is 42.8 Å². The van der Waals surface area contributed by atoms with Crippen LogP contribution in [0.4, 0.5) is 16.2 Å². The molecule has 0 radical (unpaired) electrons. The monoisotopic (exact) mass is 450 g/mol. The summed E-state index contributed by atoms with van der Waals surface area (Å²) in [6.07, 6.45) is 3.01. The topological polar surface area (TPSA) is 117 Å². The van der Waals surface area contributed by atoms with Gasteiger partial charge in [0.2, 0.25) is 5.91 Å². The van der Waals surface area contributed by atoms with Gasteiger partial charge in [-0.1, -0.05) is 0 Å². The highest BCUT2D eigenvalue weighted by Crippen LogP contribution is 2.32. The van der Waals surface area contributed by atoms with Crippen LogP contribution in [0.15, 0.2) is 30.5 Å². The zero-order valence-electron chi connectivity index (χ0n) is 19.3. The molecule has 3 aromatic rings. The number of likely N-dealkylation sites (tertiary alicyclic amines) is 1. The first kappa shape index (κ1) is 22.6. The molecule has 1 fully saturated rings. The molecule has 9 heteroatoms. The van der Waals surface area contributed by atoms with Gasteiger partial charge in [-0.25, -0.2) is 9.78 Å². The number of aromatic amines is 1. The Morgan fingerprint density at radius 2 is 1.91 bits per heavy atom. The number of ether oxygens (including phenoxy) is 1. The standard InChI is InChI=1S/C24H30N6O3/c1-4-33-24(32)30(19-7-5-18(25)6-8-19)14-21(31)29-11-9-17(10-12-29)20-13-26-15(2)22-23(20)28-16(3)27-22/h5-8,13,17H,4,9-12,14,25H2,1-3H3,(H,27,28). The van der Waals surface area contributed by atoms with Gasteiger partial charge in [-0.05, 0) is 63.8 Å². The Balaban J connectivity index is 1.44. The van der Waals surface area contributed by atoms with E-state index in [0.29, 0.717) is 24.5 Å². The third-order valence-corrected chi connectivity index (χ3v) is 6.13. The van der Waals surface area contributed by atoms with Crippen molar-refractivity contribution in [3.63, 3.8) is 0 Å². The number of nitrogens with one attached hydrogen (secondary N) is 1. The maximum Gasteiger partial charge on any atom is 0.414 e. The SMILES string of the molecule is CCOC(=O)N(CC(=O)N1CCC(c2cnc(C)c3[nH]c(C)nc23)CC1)c1ccc(N)cc1. The minimum Gasteiger partial charge on any atom is -0.449 e. The highest BCUT2D eigenvalue weighted by atomic mass is 16.6. The Morgan fingerprint density at radius 1 is 1.21 bits per heavy atom. The molecule has 9 nitrogen and oxygen atoms in total. The number of rotatable bonds is 5. The van der Waals surface area contributed by atoms with Gasteiger partial charge >= 0.3 is 6.09 Å². The Morgan fingerprint density at radius 3 is 2.58 bits per heavy atom. The number of nitrogens with two attached hydrogens (primary N) is 1. The molecule has 0 unspecified atom stereocenters. The molecule has 0 bridgehead atoms. The number of fused-ring (bicyclic) bond motifs is 1. The number of H-pyrrole nitrogens is 1. The normalized spacial score (nSPS) is 14.5. The Kier molecular flexibility index (Phi) is 6.48. The number of aryl methyl sites for hydroxylation is 2. The lowest BCUT2D eigenvalue weighted by atomic mass is 9.89. The van der Waals surface area contributed by atoms with Crippen LogP contribution in [-0.2, 0) is 9.53 Å². The summed E-state index contributed by atoms with van der Waals surface area (Å²) in [5.41, 5.74) is 10.9. The van der Waals surface area contributed by atoms with E-state index in [2.05, 4.69) is 15.0 Å². The molecular weight excluding hydrogens is 420 g/mol. The molecule has 1 saturated heterocycles. The number of imidazole rings is 1. The number of benzene rings is 1. The summed E-state index contributed by atoms with van der Waals surface area (Å²) in [5, 5.41) is 0. The lowest BCUT2D eigenvalue weighted by Gasteiger charge is -2.33. The average molecular weight is 451 g/mol. The lowest BCUT2D eigenvalue weighted by molar-refractivity contribution is -0.130. The molecule has 33 heavy (non-hydrogen) atoms. The summed E-state index contributed by atoms with van der Waals surface area (Å²) in [6.45, 7) is 7.03. The van der Waals surface area contributed by atoms with Crippen molar-refractivity contribution in [2.24, 2.45) is 0 Å². The number of amides is 2. The van der Waals surface area contributed by atoms with Gasteiger partial charge in [0.1, 0.15) is 12.4 Å². The van der Waals surface area contributed by atoms with Crippen LogP contribution < -0.4 is 10.6 Å². The van der Waals surface area contributed by atoms with Crippen molar-refractivity contribution >= 4 is 34.4 Å². The number of piperidine rings is 1. The fourth-order valence-electron chi connectivity index (χ4n) is 4.35. The molecule has 3 N–H and O–H groups in total. The zero-order valence-corrected chi connectivity index (χ0v) is 19.3. The third kappa shape index (κ3) is 4.76. The van der Waals surface area contributed by atoms with Crippen LogP contribution in [0, 0.1) is 13.8 Å². The molecule has 1 aromatic carbocycles. The van der Waals surface area contributed by atoms with Crippen LogP contribution in [0.25, 0.3) is 11.0 Å². The van der Waals surface area contributed by atoms with E-state index in [9.17, 15) is 9.59 Å². The van der Waals surface area contributed by atoms with Crippen molar-refractivity contribution in [3.8, 4) is 0 Å². The van der Waals surface area contributed by atoms with E-state index in [0.717, 1.165) is 41.0 Å². The summed E-state index contributed by atoms with van der Waals surface area (Å²) in [6, 6.07) is 6.83. The van der Waals surface area contributed by atoms with Crippen LogP contribution >= 0.6 is 0 Å². The molecule has 2 aromatic heterocycles. The second-order valence-electron chi connectivity index (χ2n) is 8.38. The predicted octanol–water partition coefficient (Wildman–Crippen LogP) is 3.53. The van der Waals surface area contributed by atoms with Gasteiger partial charge in [-0.3, -0.25) is 14.7 Å². The predicted molar refractivity (Wildman–Crippen MR) is 127 cm³/mol. The molecule has 0 spiro atoms. The minimum atomic E-state index is -0.549. The van der Waals surface area contributed by atoms with Crippen molar-refractivity contribution in [2.75, 3.05) is 36.9 Å². The van der Waals surface area contributed by atoms with Gasteiger partial charge < -0.3 is 20.4 Å². The van der Waals surface area contributed by atoms with Gasteiger partial charge in [0.25, 0.3) is 0 Å². The Labute approximate surface area is 192 Å². The number of hydrogen-bond donors (Lipinski definition) is 2. The first-order chi connectivity index (χ1) is 15.9. The number of carbonyl (C=O) groups is 2.